The number of unbranched alkanes of at least 4 members (excludes halogenated alkanes) is 2. The van der Waals surface area contributed by atoms with Gasteiger partial charge in [-0.3, -0.25) is 14.4 Å². The Hall–Kier alpha value is -1.89. The minimum absolute atomic E-state index is 0.0254. The molecule has 7 heteroatoms. The van der Waals surface area contributed by atoms with Gasteiger partial charge in [-0.1, -0.05) is 52.2 Å². The fourth-order valence-corrected chi connectivity index (χ4v) is 5.08. The standard InChI is InChI=1S/C23H39N3O4/c1-5-8-9-13-25-22(29)20-17-12-11-15(10-6-2)18(21(28)24-4)19(17)23(30)26(20)16(7-3)14-27/h11-12,15-20,27H,5-10,13-14H2,1-4H3,(H,24,28)(H,25,29)/t15-,16+,17+,18-,19-,20+/m1/s1. The predicted octanol–water partition coefficient (Wildman–Crippen LogP) is 1.86. The third kappa shape index (κ3) is 4.88. The van der Waals surface area contributed by atoms with Gasteiger partial charge in [-0.2, -0.15) is 0 Å². The fourth-order valence-electron chi connectivity index (χ4n) is 5.08. The molecule has 0 radical (unpaired) electrons. The van der Waals surface area contributed by atoms with E-state index in [9.17, 15) is 19.5 Å². The number of carbonyl (C=O) groups is 3. The summed E-state index contributed by atoms with van der Waals surface area (Å²) in [5.41, 5.74) is 0. The molecule has 0 saturated carbocycles. The summed E-state index contributed by atoms with van der Waals surface area (Å²) in [4.78, 5) is 41.2. The molecule has 3 N–H and O–H groups in total. The van der Waals surface area contributed by atoms with Crippen LogP contribution in [-0.4, -0.2) is 60.0 Å². The largest absolute Gasteiger partial charge is 0.394 e. The molecule has 1 saturated heterocycles. The van der Waals surface area contributed by atoms with E-state index in [1.165, 1.54) is 0 Å². The van der Waals surface area contributed by atoms with Gasteiger partial charge in [0.25, 0.3) is 0 Å². The minimum atomic E-state index is -0.688. The van der Waals surface area contributed by atoms with Crippen LogP contribution in [0.5, 0.6) is 0 Å². The van der Waals surface area contributed by atoms with E-state index in [2.05, 4.69) is 24.5 Å². The van der Waals surface area contributed by atoms with Crippen molar-refractivity contribution in [3.63, 3.8) is 0 Å². The van der Waals surface area contributed by atoms with Crippen LogP contribution in [-0.2, 0) is 14.4 Å². The summed E-state index contributed by atoms with van der Waals surface area (Å²) in [6.07, 6.45) is 9.26. The number of carbonyl (C=O) groups excluding carboxylic acids is 3. The summed E-state index contributed by atoms with van der Waals surface area (Å²) >= 11 is 0. The predicted molar refractivity (Wildman–Crippen MR) is 116 cm³/mol. The smallest absolute Gasteiger partial charge is 0.243 e. The zero-order chi connectivity index (χ0) is 22.3. The number of likely N-dealkylation sites (tertiary alicyclic amines) is 1. The SMILES string of the molecule is CCCCCNC(=O)[C@@H]1[C@H]2C=C[C@@H](CCC)[C@@H](C(=O)NC)[C@@H]2C(=O)N1[C@@H](CC)CO. The Morgan fingerprint density at radius 1 is 1.13 bits per heavy atom. The molecule has 2 aliphatic rings. The van der Waals surface area contributed by atoms with E-state index in [4.69, 9.17) is 0 Å². The maximum atomic E-state index is 13.6. The maximum Gasteiger partial charge on any atom is 0.243 e. The number of nitrogens with one attached hydrogen (secondary N) is 2. The van der Waals surface area contributed by atoms with Crippen LogP contribution in [0, 0.1) is 23.7 Å². The summed E-state index contributed by atoms with van der Waals surface area (Å²) in [5.74, 6) is -1.97. The van der Waals surface area contributed by atoms with E-state index < -0.39 is 23.9 Å². The number of rotatable bonds is 11. The second kappa shape index (κ2) is 11.5. The van der Waals surface area contributed by atoms with Gasteiger partial charge in [-0.05, 0) is 25.2 Å². The van der Waals surface area contributed by atoms with Crippen molar-refractivity contribution in [1.82, 2.24) is 15.5 Å². The Balaban J connectivity index is 2.40. The van der Waals surface area contributed by atoms with Crippen molar-refractivity contribution in [2.75, 3.05) is 20.2 Å². The van der Waals surface area contributed by atoms with Gasteiger partial charge in [0.2, 0.25) is 17.7 Å². The summed E-state index contributed by atoms with van der Waals surface area (Å²) in [5, 5.41) is 15.6. The first-order valence-corrected chi connectivity index (χ1v) is 11.6. The minimum Gasteiger partial charge on any atom is -0.394 e. The molecule has 0 aromatic carbocycles. The lowest BCUT2D eigenvalue weighted by Crippen LogP contribution is -2.52. The monoisotopic (exact) mass is 421 g/mol. The van der Waals surface area contributed by atoms with Crippen LogP contribution >= 0.6 is 0 Å². The highest BCUT2D eigenvalue weighted by Gasteiger charge is 2.58. The lowest BCUT2D eigenvalue weighted by Gasteiger charge is -2.34. The number of fused-ring (bicyclic) bond motifs is 1. The Bertz CT molecular complexity index is 632. The van der Waals surface area contributed by atoms with Crippen molar-refractivity contribution < 1.29 is 19.5 Å². The molecule has 2 rings (SSSR count). The van der Waals surface area contributed by atoms with Crippen LogP contribution < -0.4 is 10.6 Å². The molecule has 1 aliphatic heterocycles. The van der Waals surface area contributed by atoms with E-state index in [0.717, 1.165) is 32.1 Å². The molecule has 0 aromatic heterocycles. The van der Waals surface area contributed by atoms with Gasteiger partial charge < -0.3 is 20.6 Å². The molecule has 6 atom stereocenters. The number of hydrogen-bond donors (Lipinski definition) is 3. The van der Waals surface area contributed by atoms with Gasteiger partial charge >= 0.3 is 0 Å². The Labute approximate surface area is 180 Å². The quantitative estimate of drug-likeness (QED) is 0.350. The van der Waals surface area contributed by atoms with Crippen LogP contribution in [0.25, 0.3) is 0 Å². The molecular formula is C23H39N3O4. The molecule has 1 aliphatic carbocycles. The number of aliphatic hydroxyl groups is 1. The average molecular weight is 422 g/mol. The molecule has 1 heterocycles. The average Bonchev–Trinajstić information content (AvgIpc) is 3.04. The molecular weight excluding hydrogens is 382 g/mol. The third-order valence-electron chi connectivity index (χ3n) is 6.64. The molecule has 0 bridgehead atoms. The van der Waals surface area contributed by atoms with Crippen molar-refractivity contribution in [1.29, 1.82) is 0 Å². The van der Waals surface area contributed by atoms with Gasteiger partial charge in [0.05, 0.1) is 24.5 Å². The number of hydrogen-bond acceptors (Lipinski definition) is 4. The van der Waals surface area contributed by atoms with Gasteiger partial charge in [0.1, 0.15) is 6.04 Å². The van der Waals surface area contributed by atoms with E-state index in [0.29, 0.717) is 13.0 Å². The molecule has 1 fully saturated rings. The number of allylic oxidation sites excluding steroid dienone is 1. The van der Waals surface area contributed by atoms with E-state index in [1.54, 1.807) is 11.9 Å². The van der Waals surface area contributed by atoms with Gasteiger partial charge in [-0.15, -0.1) is 0 Å². The van der Waals surface area contributed by atoms with Crippen LogP contribution in [0.15, 0.2) is 12.2 Å². The van der Waals surface area contributed by atoms with E-state index in [-0.39, 0.29) is 36.2 Å². The molecule has 3 amide bonds. The van der Waals surface area contributed by atoms with Crippen LogP contribution in [0.3, 0.4) is 0 Å². The van der Waals surface area contributed by atoms with Crippen molar-refractivity contribution in [3.05, 3.63) is 12.2 Å². The highest BCUT2D eigenvalue weighted by atomic mass is 16.3. The zero-order valence-corrected chi connectivity index (χ0v) is 18.9. The van der Waals surface area contributed by atoms with Gasteiger partial charge in [0.15, 0.2) is 0 Å². The summed E-state index contributed by atoms with van der Waals surface area (Å²) < 4.78 is 0. The van der Waals surface area contributed by atoms with E-state index >= 15 is 0 Å². The Morgan fingerprint density at radius 3 is 2.43 bits per heavy atom. The highest BCUT2D eigenvalue weighted by Crippen LogP contribution is 2.46. The Morgan fingerprint density at radius 2 is 1.87 bits per heavy atom. The first-order chi connectivity index (χ1) is 14.5. The summed E-state index contributed by atoms with van der Waals surface area (Å²) in [6.45, 7) is 6.44. The van der Waals surface area contributed by atoms with Crippen LogP contribution in [0.4, 0.5) is 0 Å². The summed E-state index contributed by atoms with van der Waals surface area (Å²) in [7, 11) is 1.59. The first-order valence-electron chi connectivity index (χ1n) is 11.6. The van der Waals surface area contributed by atoms with Crippen LogP contribution in [0.1, 0.15) is 59.3 Å². The van der Waals surface area contributed by atoms with Crippen molar-refractivity contribution in [2.45, 2.75) is 71.4 Å². The number of amides is 3. The lowest BCUT2D eigenvalue weighted by atomic mass is 9.68. The Kier molecular flexibility index (Phi) is 9.34. The second-order valence-corrected chi connectivity index (χ2v) is 8.51. The fraction of sp³-hybridized carbons (Fsp3) is 0.783. The third-order valence-corrected chi connectivity index (χ3v) is 6.64. The van der Waals surface area contributed by atoms with Gasteiger partial charge in [-0.25, -0.2) is 0 Å². The molecule has 30 heavy (non-hydrogen) atoms. The van der Waals surface area contributed by atoms with Crippen molar-refractivity contribution >= 4 is 17.7 Å². The molecule has 0 unspecified atom stereocenters. The molecule has 0 spiro atoms. The van der Waals surface area contributed by atoms with Crippen molar-refractivity contribution in [2.24, 2.45) is 23.7 Å². The van der Waals surface area contributed by atoms with Gasteiger partial charge in [0, 0.05) is 19.5 Å². The second-order valence-electron chi connectivity index (χ2n) is 8.51. The first kappa shape index (κ1) is 24.4. The number of aliphatic hydroxyl groups excluding tert-OH is 1. The molecule has 7 nitrogen and oxygen atoms in total. The topological polar surface area (TPSA) is 98.7 Å². The summed E-state index contributed by atoms with van der Waals surface area (Å²) in [6, 6.07) is -1.12. The van der Waals surface area contributed by atoms with Crippen LogP contribution in [0.2, 0.25) is 0 Å². The molecule has 170 valence electrons. The van der Waals surface area contributed by atoms with E-state index in [1.807, 2.05) is 19.1 Å². The molecule has 0 aromatic rings. The highest BCUT2D eigenvalue weighted by molar-refractivity contribution is 5.97. The normalized spacial score (nSPS) is 28.9. The number of nitrogens with zero attached hydrogens (tertiary/aromatic N) is 1. The van der Waals surface area contributed by atoms with Crippen molar-refractivity contribution in [3.8, 4) is 0 Å². The zero-order valence-electron chi connectivity index (χ0n) is 18.9. The maximum absolute atomic E-state index is 13.6. The lowest BCUT2D eigenvalue weighted by molar-refractivity contribution is -0.143.